The van der Waals surface area contributed by atoms with E-state index in [1.165, 1.54) is 18.4 Å². The molecule has 2 N–H and O–H groups in total. The van der Waals surface area contributed by atoms with Crippen LogP contribution in [0, 0.1) is 0 Å². The van der Waals surface area contributed by atoms with Crippen LogP contribution in [0.1, 0.15) is 25.0 Å². The van der Waals surface area contributed by atoms with E-state index in [9.17, 15) is 13.2 Å². The van der Waals surface area contributed by atoms with Crippen molar-refractivity contribution in [3.05, 3.63) is 54.1 Å². The zero-order valence-electron chi connectivity index (χ0n) is 18.3. The van der Waals surface area contributed by atoms with Crippen LogP contribution in [-0.2, 0) is 34.3 Å². The highest BCUT2D eigenvalue weighted by molar-refractivity contribution is 7.89. The number of aryl methyl sites for hydroxylation is 2. The maximum Gasteiger partial charge on any atom is 0.242 e. The average Bonchev–Trinajstić information content (AvgIpc) is 3.35. The summed E-state index contributed by atoms with van der Waals surface area (Å²) in [7, 11) is -0.538. The third kappa shape index (κ3) is 4.23. The molecule has 0 saturated heterocycles. The number of aromatic nitrogens is 4. The van der Waals surface area contributed by atoms with Crippen LogP contribution in [0.3, 0.4) is 0 Å². The topological polar surface area (TPSA) is 113 Å². The van der Waals surface area contributed by atoms with Crippen molar-refractivity contribution < 1.29 is 13.2 Å². The van der Waals surface area contributed by atoms with Gasteiger partial charge in [0.15, 0.2) is 0 Å². The number of amides is 1. The summed E-state index contributed by atoms with van der Waals surface area (Å²) in [6.07, 6.45) is 0.719. The Hall–Kier alpha value is -3.24. The number of benzene rings is 2. The number of rotatable bonds is 8. The molecule has 0 aliphatic heterocycles. The molecule has 0 spiro atoms. The SMILES string of the molecule is CCn1c(CCC(=O)NCc2nc3ccccc3[nH]2)nc2cc(S(=O)(=O)N(C)C)ccc21. The van der Waals surface area contributed by atoms with Crippen LogP contribution in [0.15, 0.2) is 47.4 Å². The number of para-hydroxylation sites is 2. The standard InChI is InChI=1S/C22H26N6O3S/c1-4-28-19-10-9-15(32(30,31)27(2)3)13-18(19)26-21(28)11-12-22(29)23-14-20-24-16-7-5-6-8-17(16)25-20/h5-10,13H,4,11-12,14H2,1-3H3,(H,23,29)(H,24,25). The lowest BCUT2D eigenvalue weighted by Gasteiger charge is -2.11. The summed E-state index contributed by atoms with van der Waals surface area (Å²) in [5.41, 5.74) is 3.25. The summed E-state index contributed by atoms with van der Waals surface area (Å²) in [5, 5.41) is 2.89. The van der Waals surface area contributed by atoms with Gasteiger partial charge in [0.2, 0.25) is 15.9 Å². The first kappa shape index (κ1) is 22.0. The molecule has 0 saturated carbocycles. The molecule has 4 aromatic rings. The van der Waals surface area contributed by atoms with Gasteiger partial charge in [0, 0.05) is 33.5 Å². The number of carbonyl (C=O) groups excluding carboxylic acids is 1. The summed E-state index contributed by atoms with van der Waals surface area (Å²) in [4.78, 5) is 24.9. The molecule has 0 atom stereocenters. The molecule has 2 aromatic carbocycles. The van der Waals surface area contributed by atoms with Crippen molar-refractivity contribution in [1.82, 2.24) is 29.1 Å². The number of hydrogen-bond donors (Lipinski definition) is 2. The van der Waals surface area contributed by atoms with Gasteiger partial charge >= 0.3 is 0 Å². The highest BCUT2D eigenvalue weighted by Gasteiger charge is 2.19. The minimum absolute atomic E-state index is 0.101. The van der Waals surface area contributed by atoms with Crippen LogP contribution < -0.4 is 5.32 Å². The fraction of sp³-hybridized carbons (Fsp3) is 0.318. The van der Waals surface area contributed by atoms with E-state index in [1.54, 1.807) is 18.2 Å². The van der Waals surface area contributed by atoms with Crippen molar-refractivity contribution >= 4 is 38.0 Å². The summed E-state index contributed by atoms with van der Waals surface area (Å²) < 4.78 is 28.0. The molecule has 0 radical (unpaired) electrons. The zero-order valence-corrected chi connectivity index (χ0v) is 19.1. The second kappa shape index (κ2) is 8.71. The highest BCUT2D eigenvalue weighted by atomic mass is 32.2. The van der Waals surface area contributed by atoms with E-state index in [0.717, 1.165) is 22.4 Å². The molecule has 9 nitrogen and oxygen atoms in total. The van der Waals surface area contributed by atoms with Crippen LogP contribution in [0.25, 0.3) is 22.1 Å². The van der Waals surface area contributed by atoms with Crippen molar-refractivity contribution in [2.45, 2.75) is 37.8 Å². The Balaban J connectivity index is 1.45. The summed E-state index contributed by atoms with van der Waals surface area (Å²) in [6, 6.07) is 12.7. The van der Waals surface area contributed by atoms with Gasteiger partial charge in [0.05, 0.1) is 33.5 Å². The van der Waals surface area contributed by atoms with Crippen LogP contribution in [-0.4, -0.2) is 52.2 Å². The lowest BCUT2D eigenvalue weighted by Crippen LogP contribution is -2.24. The Labute approximate surface area is 186 Å². The fourth-order valence-electron chi connectivity index (χ4n) is 3.66. The van der Waals surface area contributed by atoms with E-state index in [1.807, 2.05) is 35.8 Å². The third-order valence-corrected chi connectivity index (χ3v) is 7.17. The molecule has 10 heteroatoms. The van der Waals surface area contributed by atoms with E-state index >= 15 is 0 Å². The molecule has 0 bridgehead atoms. The van der Waals surface area contributed by atoms with Crippen LogP contribution in [0.5, 0.6) is 0 Å². The fourth-order valence-corrected chi connectivity index (χ4v) is 4.58. The van der Waals surface area contributed by atoms with Gasteiger partial charge in [-0.25, -0.2) is 22.7 Å². The second-order valence-corrected chi connectivity index (χ2v) is 9.84. The first-order valence-corrected chi connectivity index (χ1v) is 11.9. The predicted molar refractivity (Wildman–Crippen MR) is 123 cm³/mol. The van der Waals surface area contributed by atoms with Crippen molar-refractivity contribution in [3.8, 4) is 0 Å². The molecular weight excluding hydrogens is 428 g/mol. The molecule has 0 fully saturated rings. The molecule has 4 rings (SSSR count). The second-order valence-electron chi connectivity index (χ2n) is 7.69. The van der Waals surface area contributed by atoms with Crippen LogP contribution >= 0.6 is 0 Å². The largest absolute Gasteiger partial charge is 0.349 e. The van der Waals surface area contributed by atoms with Crippen LogP contribution in [0.2, 0.25) is 0 Å². The number of nitrogens with zero attached hydrogens (tertiary/aromatic N) is 4. The Kier molecular flexibility index (Phi) is 5.98. The predicted octanol–water partition coefficient (Wildman–Crippen LogP) is 2.43. The first-order valence-electron chi connectivity index (χ1n) is 10.4. The van der Waals surface area contributed by atoms with Crippen LogP contribution in [0.4, 0.5) is 0 Å². The monoisotopic (exact) mass is 454 g/mol. The minimum Gasteiger partial charge on any atom is -0.349 e. The molecule has 0 aliphatic carbocycles. The van der Waals surface area contributed by atoms with Gasteiger partial charge in [-0.05, 0) is 37.3 Å². The zero-order chi connectivity index (χ0) is 22.9. The Bertz CT molecular complexity index is 1350. The molecule has 32 heavy (non-hydrogen) atoms. The normalized spacial score (nSPS) is 12.1. The summed E-state index contributed by atoms with van der Waals surface area (Å²) in [5.74, 6) is 1.35. The molecule has 1 amide bonds. The molecule has 0 unspecified atom stereocenters. The van der Waals surface area contributed by atoms with Gasteiger partial charge < -0.3 is 14.9 Å². The lowest BCUT2D eigenvalue weighted by atomic mass is 10.2. The number of carbonyl (C=O) groups is 1. The number of imidazole rings is 2. The molecule has 2 heterocycles. The number of H-pyrrole nitrogens is 1. The van der Waals surface area contributed by atoms with E-state index in [4.69, 9.17) is 0 Å². The summed E-state index contributed by atoms with van der Waals surface area (Å²) in [6.45, 7) is 2.99. The van der Waals surface area contributed by atoms with Gasteiger partial charge in [-0.3, -0.25) is 4.79 Å². The average molecular weight is 455 g/mol. The first-order chi connectivity index (χ1) is 15.3. The van der Waals surface area contributed by atoms with E-state index in [-0.39, 0.29) is 17.2 Å². The van der Waals surface area contributed by atoms with Gasteiger partial charge in [0.1, 0.15) is 11.6 Å². The highest BCUT2D eigenvalue weighted by Crippen LogP contribution is 2.22. The Morgan fingerprint density at radius 3 is 2.62 bits per heavy atom. The van der Waals surface area contributed by atoms with Gasteiger partial charge in [0.25, 0.3) is 0 Å². The van der Waals surface area contributed by atoms with E-state index in [0.29, 0.717) is 30.9 Å². The van der Waals surface area contributed by atoms with Crippen molar-refractivity contribution in [2.24, 2.45) is 0 Å². The van der Waals surface area contributed by atoms with Crippen molar-refractivity contribution in [2.75, 3.05) is 14.1 Å². The van der Waals surface area contributed by atoms with E-state index < -0.39 is 10.0 Å². The van der Waals surface area contributed by atoms with Crippen molar-refractivity contribution in [3.63, 3.8) is 0 Å². The quantitative estimate of drug-likeness (QED) is 0.425. The third-order valence-electron chi connectivity index (χ3n) is 5.36. The molecule has 0 aliphatic rings. The maximum atomic E-state index is 12.4. The number of fused-ring (bicyclic) bond motifs is 2. The molecular formula is C22H26N6O3S. The number of aromatic amines is 1. The molecule has 168 valence electrons. The Morgan fingerprint density at radius 1 is 1.12 bits per heavy atom. The maximum absolute atomic E-state index is 12.4. The minimum atomic E-state index is -3.54. The van der Waals surface area contributed by atoms with Gasteiger partial charge in [-0.15, -0.1) is 0 Å². The van der Waals surface area contributed by atoms with Gasteiger partial charge in [-0.1, -0.05) is 12.1 Å². The summed E-state index contributed by atoms with van der Waals surface area (Å²) >= 11 is 0. The smallest absolute Gasteiger partial charge is 0.242 e. The lowest BCUT2D eigenvalue weighted by molar-refractivity contribution is -0.121. The number of sulfonamides is 1. The van der Waals surface area contributed by atoms with Gasteiger partial charge in [-0.2, -0.15) is 0 Å². The Morgan fingerprint density at radius 2 is 1.91 bits per heavy atom. The molecule has 2 aromatic heterocycles. The number of nitrogens with one attached hydrogen (secondary N) is 2. The number of hydrogen-bond acceptors (Lipinski definition) is 5. The van der Waals surface area contributed by atoms with E-state index in [2.05, 4.69) is 20.3 Å². The van der Waals surface area contributed by atoms with Crippen molar-refractivity contribution in [1.29, 1.82) is 0 Å².